The number of carboxylic acid groups (broad SMARTS) is 2. The van der Waals surface area contributed by atoms with Crippen molar-refractivity contribution in [3.05, 3.63) is 84.1 Å². The van der Waals surface area contributed by atoms with Gasteiger partial charge in [0.25, 0.3) is 5.91 Å². The van der Waals surface area contributed by atoms with Gasteiger partial charge in [0.05, 0.1) is 17.5 Å². The number of para-hydroxylation sites is 1. The molecule has 2 atom stereocenters. The molecule has 1 aromatic heterocycles. The normalized spacial score (nSPS) is 16.2. The number of pyridine rings is 1. The summed E-state index contributed by atoms with van der Waals surface area (Å²) in [4.78, 5) is 49.5. The van der Waals surface area contributed by atoms with E-state index in [0.717, 1.165) is 22.2 Å². The SMILES string of the molecule is C=CCN1CC[C@H](C(=O)NO)[C@H](NC(=O)c2ccc(OCc3cc(C)nc4ccccc34)cc2)C1.O=C(O)C(F)(F)F.O=C(O)C(F)(F)F. The molecule has 2 amide bonds. The number of aromatic nitrogens is 1. The average molecular weight is 703 g/mol. The fraction of sp³-hybridized carbons (Fsp3) is 0.323. The van der Waals surface area contributed by atoms with Gasteiger partial charge in [-0.05, 0) is 56.3 Å². The van der Waals surface area contributed by atoms with Gasteiger partial charge in [-0.3, -0.25) is 24.7 Å². The molecule has 0 unspecified atom stereocenters. The minimum absolute atomic E-state index is 0.284. The van der Waals surface area contributed by atoms with Crippen molar-refractivity contribution in [3.63, 3.8) is 0 Å². The van der Waals surface area contributed by atoms with Crippen LogP contribution in [0.25, 0.3) is 10.9 Å². The van der Waals surface area contributed by atoms with Gasteiger partial charge in [-0.25, -0.2) is 15.1 Å². The number of carbonyl (C=O) groups excluding carboxylic acids is 2. The first-order valence-corrected chi connectivity index (χ1v) is 14.1. The van der Waals surface area contributed by atoms with E-state index in [1.54, 1.807) is 35.8 Å². The first kappa shape index (κ1) is 39.9. The summed E-state index contributed by atoms with van der Waals surface area (Å²) >= 11 is 0. The molecule has 2 aromatic carbocycles. The van der Waals surface area contributed by atoms with Crippen LogP contribution in [-0.4, -0.2) is 87.1 Å². The number of piperidine rings is 1. The summed E-state index contributed by atoms with van der Waals surface area (Å²) in [5.41, 5.74) is 5.09. The van der Waals surface area contributed by atoms with Crippen molar-refractivity contribution in [2.45, 2.75) is 38.3 Å². The topological polar surface area (TPSA) is 178 Å². The Hall–Kier alpha value is -5.23. The molecule has 4 rings (SSSR count). The Kier molecular flexibility index (Phi) is 14.5. The lowest BCUT2D eigenvalue weighted by Crippen LogP contribution is -2.56. The Bertz CT molecular complexity index is 1590. The van der Waals surface area contributed by atoms with Crippen molar-refractivity contribution in [3.8, 4) is 5.75 Å². The molecule has 1 aliphatic rings. The van der Waals surface area contributed by atoms with Crippen molar-refractivity contribution < 1.29 is 65.7 Å². The summed E-state index contributed by atoms with van der Waals surface area (Å²) in [7, 11) is 0. The predicted octanol–water partition coefficient (Wildman–Crippen LogP) is 4.50. The molecular formula is C31H32F6N4O8. The lowest BCUT2D eigenvalue weighted by Gasteiger charge is -2.37. The number of likely N-dealkylation sites (tertiary alicyclic amines) is 1. The fourth-order valence-corrected chi connectivity index (χ4v) is 4.54. The molecule has 0 aliphatic carbocycles. The quantitative estimate of drug-likeness (QED) is 0.0972. The number of amides is 2. The van der Waals surface area contributed by atoms with Crippen molar-refractivity contribution in [2.24, 2.45) is 5.92 Å². The lowest BCUT2D eigenvalue weighted by molar-refractivity contribution is -0.193. The van der Waals surface area contributed by atoms with Crippen LogP contribution in [0.4, 0.5) is 26.3 Å². The predicted molar refractivity (Wildman–Crippen MR) is 161 cm³/mol. The summed E-state index contributed by atoms with van der Waals surface area (Å²) in [6, 6.07) is 16.5. The van der Waals surface area contributed by atoms with Gasteiger partial charge in [-0.2, -0.15) is 26.3 Å². The molecule has 1 saturated heterocycles. The van der Waals surface area contributed by atoms with Gasteiger partial charge < -0.3 is 20.3 Å². The maximum atomic E-state index is 12.9. The van der Waals surface area contributed by atoms with Gasteiger partial charge in [0, 0.05) is 35.3 Å². The molecule has 12 nitrogen and oxygen atoms in total. The lowest BCUT2D eigenvalue weighted by atomic mass is 9.90. The van der Waals surface area contributed by atoms with Gasteiger partial charge in [-0.1, -0.05) is 24.3 Å². The maximum Gasteiger partial charge on any atom is 0.490 e. The standard InChI is InChI=1S/C27H30N4O4.2C2HF3O2/c1-3-13-31-14-12-23(27(33)30-34)25(16-31)29-26(32)19-8-10-21(11-9-19)35-17-20-15-18(2)28-24-7-5-4-6-22(20)24;2*3-2(4,5)1(6)7/h3-11,15,23,25,34H,1,12-14,16-17H2,2H3,(H,29,32)(H,30,33);2*(H,6,7)/t23-,25+;;/m0../s1. The third-order valence-electron chi connectivity index (χ3n) is 6.77. The minimum atomic E-state index is -5.08. The summed E-state index contributed by atoms with van der Waals surface area (Å²) in [6.45, 7) is 7.95. The van der Waals surface area contributed by atoms with E-state index < -0.39 is 42.2 Å². The van der Waals surface area contributed by atoms with Gasteiger partial charge in [0.1, 0.15) is 12.4 Å². The van der Waals surface area contributed by atoms with Crippen LogP contribution < -0.4 is 15.5 Å². The molecule has 0 saturated carbocycles. The number of rotatable bonds is 8. The number of benzene rings is 2. The first-order chi connectivity index (χ1) is 22.9. The molecule has 49 heavy (non-hydrogen) atoms. The number of hydroxylamine groups is 1. The van der Waals surface area contributed by atoms with Crippen LogP contribution in [0.2, 0.25) is 0 Å². The van der Waals surface area contributed by atoms with E-state index in [-0.39, 0.29) is 5.91 Å². The number of ether oxygens (including phenoxy) is 1. The van der Waals surface area contributed by atoms with E-state index in [1.165, 1.54) is 0 Å². The number of halogens is 6. The van der Waals surface area contributed by atoms with E-state index in [4.69, 9.17) is 29.7 Å². The molecular weight excluding hydrogens is 670 g/mol. The highest BCUT2D eigenvalue weighted by Gasteiger charge is 2.39. The highest BCUT2D eigenvalue weighted by atomic mass is 19.4. The van der Waals surface area contributed by atoms with Crippen molar-refractivity contribution in [1.82, 2.24) is 20.7 Å². The van der Waals surface area contributed by atoms with Crippen LogP contribution in [0.15, 0.2) is 67.3 Å². The second-order valence-corrected chi connectivity index (χ2v) is 10.4. The highest BCUT2D eigenvalue weighted by Crippen LogP contribution is 2.22. The Labute approximate surface area is 274 Å². The van der Waals surface area contributed by atoms with E-state index in [1.807, 2.05) is 37.3 Å². The summed E-state index contributed by atoms with van der Waals surface area (Å²) in [5, 5.41) is 27.4. The summed E-state index contributed by atoms with van der Waals surface area (Å²) in [6.07, 6.45) is -7.85. The molecule has 18 heteroatoms. The Morgan fingerprint density at radius 3 is 2.10 bits per heavy atom. The Morgan fingerprint density at radius 2 is 1.57 bits per heavy atom. The van der Waals surface area contributed by atoms with Crippen LogP contribution >= 0.6 is 0 Å². The Balaban J connectivity index is 0.000000500. The number of alkyl halides is 6. The summed E-state index contributed by atoms with van der Waals surface area (Å²) < 4.78 is 69.5. The van der Waals surface area contributed by atoms with Crippen molar-refractivity contribution in [1.29, 1.82) is 0 Å². The van der Waals surface area contributed by atoms with Crippen LogP contribution in [-0.2, 0) is 21.0 Å². The van der Waals surface area contributed by atoms with E-state index in [2.05, 4.69) is 21.8 Å². The van der Waals surface area contributed by atoms with Crippen molar-refractivity contribution >= 4 is 34.7 Å². The molecule has 266 valence electrons. The minimum Gasteiger partial charge on any atom is -0.489 e. The zero-order valence-electron chi connectivity index (χ0n) is 25.7. The summed E-state index contributed by atoms with van der Waals surface area (Å²) in [5.74, 6) is -6.15. The number of hydrogen-bond acceptors (Lipinski definition) is 8. The van der Waals surface area contributed by atoms with Gasteiger partial charge in [0.2, 0.25) is 5.91 Å². The molecule has 0 bridgehead atoms. The zero-order valence-corrected chi connectivity index (χ0v) is 25.7. The monoisotopic (exact) mass is 702 g/mol. The number of aryl methyl sites for hydroxylation is 1. The molecule has 1 fully saturated rings. The van der Waals surface area contributed by atoms with Crippen LogP contribution in [0.1, 0.15) is 28.0 Å². The Morgan fingerprint density at radius 1 is 1.00 bits per heavy atom. The largest absolute Gasteiger partial charge is 0.490 e. The third-order valence-corrected chi connectivity index (χ3v) is 6.77. The fourth-order valence-electron chi connectivity index (χ4n) is 4.54. The first-order valence-electron chi connectivity index (χ1n) is 14.1. The van der Waals surface area contributed by atoms with E-state index >= 15 is 0 Å². The number of aliphatic carboxylic acids is 2. The number of hydrogen-bond donors (Lipinski definition) is 5. The molecule has 0 spiro atoms. The number of carbonyl (C=O) groups is 4. The second kappa shape index (κ2) is 17.8. The number of nitrogens with zero attached hydrogens (tertiary/aromatic N) is 2. The molecule has 3 aromatic rings. The van der Waals surface area contributed by atoms with E-state index in [9.17, 15) is 35.9 Å². The number of nitrogens with one attached hydrogen (secondary N) is 2. The van der Waals surface area contributed by atoms with Gasteiger partial charge >= 0.3 is 24.3 Å². The molecule has 2 heterocycles. The average Bonchev–Trinajstić information content (AvgIpc) is 3.03. The van der Waals surface area contributed by atoms with Gasteiger partial charge in [-0.15, -0.1) is 6.58 Å². The second-order valence-electron chi connectivity index (χ2n) is 10.4. The van der Waals surface area contributed by atoms with Crippen LogP contribution in [0.5, 0.6) is 5.75 Å². The molecule has 1 aliphatic heterocycles. The van der Waals surface area contributed by atoms with Gasteiger partial charge in [0.15, 0.2) is 0 Å². The van der Waals surface area contributed by atoms with Crippen LogP contribution in [0, 0.1) is 12.8 Å². The highest BCUT2D eigenvalue weighted by molar-refractivity contribution is 5.95. The molecule has 5 N–H and O–H groups in total. The molecule has 0 radical (unpaired) electrons. The zero-order chi connectivity index (χ0) is 36.9. The number of carboxylic acids is 2. The van der Waals surface area contributed by atoms with E-state index in [0.29, 0.717) is 44.0 Å². The maximum absolute atomic E-state index is 12.9. The number of fused-ring (bicyclic) bond motifs is 1. The van der Waals surface area contributed by atoms with Crippen LogP contribution in [0.3, 0.4) is 0 Å². The smallest absolute Gasteiger partial charge is 0.489 e. The van der Waals surface area contributed by atoms with Crippen molar-refractivity contribution in [2.75, 3.05) is 19.6 Å². The third kappa shape index (κ3) is 12.7.